The number of thioether (sulfide) groups is 1. The molecule has 2 aromatic carbocycles. The standard InChI is InChI=1S/C18H22S/c1-15(13-17-9-5-3-6-10-17)19-16(2)14-18-11-7-4-8-12-18/h3-12,15-16H,13-14H2,1-2H3. The van der Waals surface area contributed by atoms with Crippen molar-refractivity contribution in [3.8, 4) is 0 Å². The Labute approximate surface area is 121 Å². The van der Waals surface area contributed by atoms with Crippen LogP contribution in [0, 0.1) is 0 Å². The van der Waals surface area contributed by atoms with Gasteiger partial charge >= 0.3 is 0 Å². The lowest BCUT2D eigenvalue weighted by atomic mass is 10.1. The van der Waals surface area contributed by atoms with E-state index in [0.717, 1.165) is 12.8 Å². The molecule has 1 heteroatoms. The Morgan fingerprint density at radius 1 is 0.684 bits per heavy atom. The molecule has 0 aliphatic rings. The molecule has 0 aliphatic heterocycles. The summed E-state index contributed by atoms with van der Waals surface area (Å²) >= 11 is 2.09. The number of rotatable bonds is 6. The SMILES string of the molecule is CC(Cc1ccccc1)SC(C)Cc1ccccc1. The minimum Gasteiger partial charge on any atom is -0.155 e. The highest BCUT2D eigenvalue weighted by molar-refractivity contribution is 8.00. The zero-order chi connectivity index (χ0) is 13.5. The van der Waals surface area contributed by atoms with Gasteiger partial charge in [-0.15, -0.1) is 0 Å². The van der Waals surface area contributed by atoms with Gasteiger partial charge in [0.15, 0.2) is 0 Å². The Bertz CT molecular complexity index is 418. The van der Waals surface area contributed by atoms with Gasteiger partial charge in [-0.05, 0) is 24.0 Å². The van der Waals surface area contributed by atoms with Crippen LogP contribution >= 0.6 is 11.8 Å². The molecule has 0 saturated carbocycles. The Balaban J connectivity index is 1.80. The van der Waals surface area contributed by atoms with E-state index in [0.29, 0.717) is 10.5 Å². The van der Waals surface area contributed by atoms with Crippen LogP contribution in [-0.4, -0.2) is 10.5 Å². The van der Waals surface area contributed by atoms with Crippen LogP contribution in [-0.2, 0) is 12.8 Å². The summed E-state index contributed by atoms with van der Waals surface area (Å²) in [7, 11) is 0. The molecule has 0 radical (unpaired) electrons. The third-order valence-electron chi connectivity index (χ3n) is 3.20. The number of hydrogen-bond donors (Lipinski definition) is 0. The topological polar surface area (TPSA) is 0 Å². The van der Waals surface area contributed by atoms with Crippen molar-refractivity contribution >= 4 is 11.8 Å². The third-order valence-corrected chi connectivity index (χ3v) is 4.46. The number of benzene rings is 2. The summed E-state index contributed by atoms with van der Waals surface area (Å²) in [4.78, 5) is 0. The van der Waals surface area contributed by atoms with E-state index in [4.69, 9.17) is 0 Å². The van der Waals surface area contributed by atoms with E-state index in [1.807, 2.05) is 0 Å². The lowest BCUT2D eigenvalue weighted by Crippen LogP contribution is -2.10. The van der Waals surface area contributed by atoms with Crippen molar-refractivity contribution in [2.45, 2.75) is 37.2 Å². The van der Waals surface area contributed by atoms with Crippen LogP contribution < -0.4 is 0 Å². The maximum atomic E-state index is 2.33. The van der Waals surface area contributed by atoms with Crippen LogP contribution in [0.3, 0.4) is 0 Å². The summed E-state index contributed by atoms with van der Waals surface area (Å²) in [6.45, 7) is 4.66. The van der Waals surface area contributed by atoms with Crippen molar-refractivity contribution in [1.29, 1.82) is 0 Å². The lowest BCUT2D eigenvalue weighted by molar-refractivity contribution is 0.895. The molecular weight excluding hydrogens is 248 g/mol. The van der Waals surface area contributed by atoms with Gasteiger partial charge in [0, 0.05) is 10.5 Å². The molecule has 2 aromatic rings. The Kier molecular flexibility index (Phi) is 5.53. The lowest BCUT2D eigenvalue weighted by Gasteiger charge is -2.17. The largest absolute Gasteiger partial charge is 0.155 e. The van der Waals surface area contributed by atoms with Gasteiger partial charge < -0.3 is 0 Å². The molecule has 0 bridgehead atoms. The molecule has 0 heterocycles. The molecule has 0 nitrogen and oxygen atoms in total. The smallest absolute Gasteiger partial charge is 0.00619 e. The van der Waals surface area contributed by atoms with Crippen molar-refractivity contribution in [1.82, 2.24) is 0 Å². The second kappa shape index (κ2) is 7.40. The highest BCUT2D eigenvalue weighted by Crippen LogP contribution is 2.23. The summed E-state index contributed by atoms with van der Waals surface area (Å²) < 4.78 is 0. The fourth-order valence-corrected chi connectivity index (χ4v) is 3.76. The van der Waals surface area contributed by atoms with Crippen LogP contribution in [0.25, 0.3) is 0 Å². The Hall–Kier alpha value is -1.21. The fraction of sp³-hybridized carbons (Fsp3) is 0.333. The molecule has 0 N–H and O–H groups in total. The van der Waals surface area contributed by atoms with Gasteiger partial charge in [-0.2, -0.15) is 11.8 Å². The van der Waals surface area contributed by atoms with Gasteiger partial charge in [0.05, 0.1) is 0 Å². The fourth-order valence-electron chi connectivity index (χ4n) is 2.38. The second-order valence-electron chi connectivity index (χ2n) is 5.14. The van der Waals surface area contributed by atoms with Gasteiger partial charge in [-0.1, -0.05) is 74.5 Å². The summed E-state index contributed by atoms with van der Waals surface area (Å²) in [6, 6.07) is 21.6. The summed E-state index contributed by atoms with van der Waals surface area (Å²) in [6.07, 6.45) is 2.31. The minimum atomic E-state index is 0.668. The Morgan fingerprint density at radius 2 is 1.05 bits per heavy atom. The summed E-state index contributed by atoms with van der Waals surface area (Å²) in [5, 5.41) is 1.34. The number of hydrogen-bond acceptors (Lipinski definition) is 1. The molecule has 0 fully saturated rings. The molecule has 19 heavy (non-hydrogen) atoms. The molecule has 0 saturated heterocycles. The summed E-state index contributed by atoms with van der Waals surface area (Å²) in [5.74, 6) is 0. The monoisotopic (exact) mass is 270 g/mol. The van der Waals surface area contributed by atoms with Crippen LogP contribution in [0.1, 0.15) is 25.0 Å². The van der Waals surface area contributed by atoms with E-state index >= 15 is 0 Å². The van der Waals surface area contributed by atoms with E-state index in [1.54, 1.807) is 0 Å². The first kappa shape index (κ1) is 14.2. The van der Waals surface area contributed by atoms with E-state index in [2.05, 4.69) is 86.3 Å². The normalized spacial score (nSPS) is 14.0. The van der Waals surface area contributed by atoms with Crippen molar-refractivity contribution in [2.24, 2.45) is 0 Å². The quantitative estimate of drug-likeness (QED) is 0.713. The molecule has 2 rings (SSSR count). The van der Waals surface area contributed by atoms with E-state index in [1.165, 1.54) is 11.1 Å². The summed E-state index contributed by atoms with van der Waals surface area (Å²) in [5.41, 5.74) is 2.88. The molecule has 0 spiro atoms. The molecule has 100 valence electrons. The predicted octanol–water partition coefficient (Wildman–Crippen LogP) is 4.98. The van der Waals surface area contributed by atoms with Crippen LogP contribution in [0.5, 0.6) is 0 Å². The van der Waals surface area contributed by atoms with Gasteiger partial charge in [-0.3, -0.25) is 0 Å². The zero-order valence-electron chi connectivity index (χ0n) is 11.8. The van der Waals surface area contributed by atoms with Crippen LogP contribution in [0.15, 0.2) is 60.7 Å². The van der Waals surface area contributed by atoms with Crippen molar-refractivity contribution in [2.75, 3.05) is 0 Å². The molecule has 0 aliphatic carbocycles. The van der Waals surface area contributed by atoms with Gasteiger partial charge in [0.1, 0.15) is 0 Å². The molecular formula is C18H22S. The highest BCUT2D eigenvalue weighted by Gasteiger charge is 2.10. The first-order valence-corrected chi connectivity index (χ1v) is 7.91. The predicted molar refractivity (Wildman–Crippen MR) is 86.8 cm³/mol. The Morgan fingerprint density at radius 3 is 1.42 bits per heavy atom. The van der Waals surface area contributed by atoms with Crippen molar-refractivity contribution in [3.05, 3.63) is 71.8 Å². The maximum Gasteiger partial charge on any atom is 0.00619 e. The molecule has 2 atom stereocenters. The zero-order valence-corrected chi connectivity index (χ0v) is 12.6. The van der Waals surface area contributed by atoms with Crippen LogP contribution in [0.2, 0.25) is 0 Å². The third kappa shape index (κ3) is 5.12. The van der Waals surface area contributed by atoms with Gasteiger partial charge in [0.2, 0.25) is 0 Å². The average Bonchev–Trinajstić information content (AvgIpc) is 2.40. The second-order valence-corrected chi connectivity index (χ2v) is 7.02. The minimum absolute atomic E-state index is 0.668. The van der Waals surface area contributed by atoms with Crippen molar-refractivity contribution < 1.29 is 0 Å². The first-order chi connectivity index (χ1) is 9.24. The van der Waals surface area contributed by atoms with Gasteiger partial charge in [-0.25, -0.2) is 0 Å². The first-order valence-electron chi connectivity index (χ1n) is 6.97. The highest BCUT2D eigenvalue weighted by atomic mass is 32.2. The van der Waals surface area contributed by atoms with Crippen LogP contribution in [0.4, 0.5) is 0 Å². The van der Waals surface area contributed by atoms with Gasteiger partial charge in [0.25, 0.3) is 0 Å². The van der Waals surface area contributed by atoms with E-state index in [9.17, 15) is 0 Å². The maximum absolute atomic E-state index is 2.33. The molecule has 0 amide bonds. The van der Waals surface area contributed by atoms with E-state index < -0.39 is 0 Å². The van der Waals surface area contributed by atoms with E-state index in [-0.39, 0.29) is 0 Å². The molecule has 0 aromatic heterocycles. The molecule has 2 unspecified atom stereocenters. The average molecular weight is 270 g/mol. The van der Waals surface area contributed by atoms with Crippen molar-refractivity contribution in [3.63, 3.8) is 0 Å².